The zero-order chi connectivity index (χ0) is 12.5. The minimum Gasteiger partial charge on any atom is -1.00 e. The van der Waals surface area contributed by atoms with Crippen molar-refractivity contribution in [3.8, 4) is 0 Å². The van der Waals surface area contributed by atoms with Crippen LogP contribution in [0, 0.1) is 0 Å². The van der Waals surface area contributed by atoms with E-state index < -0.39 is 17.2 Å². The first-order chi connectivity index (χ1) is 6.42. The molecule has 0 aliphatic carbocycles. The molecule has 0 fully saturated rings. The predicted molar refractivity (Wildman–Crippen MR) is 42.6 cm³/mol. The van der Waals surface area contributed by atoms with Gasteiger partial charge in [0.05, 0.1) is 20.3 Å². The van der Waals surface area contributed by atoms with Gasteiger partial charge in [-0.05, 0) is 0 Å². The summed E-state index contributed by atoms with van der Waals surface area (Å²) >= 11 is 4.59. The number of nitrogens with one attached hydrogen (secondary N) is 1. The SMILES string of the molecule is C[NH+](C)C=CC(Cl)(C(F)(F)F)C(F)(F)F.[Cl-]. The molecule has 0 aliphatic rings. The molecule has 1 nitrogen and oxygen atoms in total. The second-order valence-corrected chi connectivity index (χ2v) is 3.71. The Bertz CT molecular complexity index is 230. The molecule has 0 atom stereocenters. The molecule has 0 rings (SSSR count). The summed E-state index contributed by atoms with van der Waals surface area (Å²) in [6.07, 6.45) is -10.6. The number of allylic oxidation sites excluding steroid dienone is 1. The van der Waals surface area contributed by atoms with Crippen LogP contribution in [-0.2, 0) is 0 Å². The van der Waals surface area contributed by atoms with E-state index in [1.165, 1.54) is 14.1 Å². The maximum absolute atomic E-state index is 12.1. The lowest BCUT2D eigenvalue weighted by Gasteiger charge is -2.28. The highest BCUT2D eigenvalue weighted by Crippen LogP contribution is 2.48. The quantitative estimate of drug-likeness (QED) is 0.479. The first-order valence-electron chi connectivity index (χ1n) is 3.73. The molecule has 9 heteroatoms. The van der Waals surface area contributed by atoms with Crippen LogP contribution >= 0.6 is 11.6 Å². The maximum Gasteiger partial charge on any atom is 0.420 e. The molecule has 1 N–H and O–H groups in total. The van der Waals surface area contributed by atoms with Gasteiger partial charge in [0.1, 0.15) is 0 Å². The van der Waals surface area contributed by atoms with E-state index in [0.717, 1.165) is 0 Å². The third-order valence-electron chi connectivity index (χ3n) is 1.47. The fourth-order valence-corrected chi connectivity index (χ4v) is 0.694. The average molecular weight is 292 g/mol. The van der Waals surface area contributed by atoms with Gasteiger partial charge in [-0.1, -0.05) is 11.6 Å². The lowest BCUT2D eigenvalue weighted by molar-refractivity contribution is -0.801. The summed E-state index contributed by atoms with van der Waals surface area (Å²) in [5.74, 6) is 0. The van der Waals surface area contributed by atoms with E-state index in [1.54, 1.807) is 0 Å². The third kappa shape index (κ3) is 4.03. The molecule has 0 aromatic rings. The van der Waals surface area contributed by atoms with Gasteiger partial charge < -0.3 is 17.3 Å². The molecule has 0 amide bonds. The molecular formula is C7H9Cl2F6N. The Labute approximate surface area is 99.4 Å². The van der Waals surface area contributed by atoms with Gasteiger partial charge in [0.15, 0.2) is 0 Å². The number of halogens is 8. The Balaban J connectivity index is 0. The molecule has 0 radical (unpaired) electrons. The van der Waals surface area contributed by atoms with E-state index in [4.69, 9.17) is 0 Å². The van der Waals surface area contributed by atoms with Crippen molar-refractivity contribution in [2.24, 2.45) is 0 Å². The number of quaternary nitrogens is 1. The van der Waals surface area contributed by atoms with Gasteiger partial charge in [-0.3, -0.25) is 0 Å². The predicted octanol–water partition coefficient (Wildman–Crippen LogP) is -1.25. The Morgan fingerprint density at radius 1 is 0.938 bits per heavy atom. The zero-order valence-corrected chi connectivity index (χ0v) is 9.69. The van der Waals surface area contributed by atoms with Crippen molar-refractivity contribution in [3.05, 3.63) is 12.3 Å². The lowest BCUT2D eigenvalue weighted by atomic mass is 10.1. The smallest absolute Gasteiger partial charge is 0.420 e. The maximum atomic E-state index is 12.1. The van der Waals surface area contributed by atoms with Gasteiger partial charge in [0, 0.05) is 6.08 Å². The van der Waals surface area contributed by atoms with Gasteiger partial charge in [-0.2, -0.15) is 26.3 Å². The van der Waals surface area contributed by atoms with E-state index in [9.17, 15) is 26.3 Å². The highest BCUT2D eigenvalue weighted by molar-refractivity contribution is 6.26. The van der Waals surface area contributed by atoms with Crippen molar-refractivity contribution in [1.29, 1.82) is 0 Å². The van der Waals surface area contributed by atoms with Gasteiger partial charge in [-0.15, -0.1) is 0 Å². The molecule has 0 saturated carbocycles. The molecule has 0 heterocycles. The van der Waals surface area contributed by atoms with Crippen molar-refractivity contribution in [2.75, 3.05) is 14.1 Å². The summed E-state index contributed by atoms with van der Waals surface area (Å²) in [7, 11) is 2.72. The van der Waals surface area contributed by atoms with Crippen molar-refractivity contribution < 1.29 is 43.6 Å². The zero-order valence-electron chi connectivity index (χ0n) is 8.18. The fourth-order valence-electron chi connectivity index (χ4n) is 0.631. The van der Waals surface area contributed by atoms with E-state index in [1.807, 2.05) is 0 Å². The van der Waals surface area contributed by atoms with Crippen LogP contribution in [0.4, 0.5) is 26.3 Å². The van der Waals surface area contributed by atoms with Crippen LogP contribution in [0.1, 0.15) is 0 Å². The monoisotopic (exact) mass is 291 g/mol. The van der Waals surface area contributed by atoms with Crippen LogP contribution in [0.25, 0.3) is 0 Å². The van der Waals surface area contributed by atoms with Crippen molar-refractivity contribution in [1.82, 2.24) is 0 Å². The number of hydrogen-bond donors (Lipinski definition) is 1. The molecular weight excluding hydrogens is 283 g/mol. The second-order valence-electron chi connectivity index (χ2n) is 3.12. The van der Waals surface area contributed by atoms with Crippen LogP contribution in [0.15, 0.2) is 12.3 Å². The number of hydrogen-bond acceptors (Lipinski definition) is 0. The molecule has 0 spiro atoms. The van der Waals surface area contributed by atoms with Gasteiger partial charge >= 0.3 is 12.4 Å². The Hall–Kier alpha value is -0.140. The largest absolute Gasteiger partial charge is 1.00 e. The normalized spacial score (nSPS) is 14.4. The molecule has 0 aromatic heterocycles. The average Bonchev–Trinajstić information content (AvgIpc) is 1.95. The van der Waals surface area contributed by atoms with E-state index in [0.29, 0.717) is 6.20 Å². The van der Waals surface area contributed by atoms with Crippen molar-refractivity contribution >= 4 is 11.6 Å². The lowest BCUT2D eigenvalue weighted by Crippen LogP contribution is -3.00. The van der Waals surface area contributed by atoms with Crippen LogP contribution in [0.5, 0.6) is 0 Å². The van der Waals surface area contributed by atoms with Gasteiger partial charge in [0.2, 0.25) is 0 Å². The van der Waals surface area contributed by atoms with E-state index in [2.05, 4.69) is 11.6 Å². The minimum absolute atomic E-state index is 0. The highest BCUT2D eigenvalue weighted by Gasteiger charge is 2.69. The summed E-state index contributed by atoms with van der Waals surface area (Å²) < 4.78 is 72.8. The first-order valence-corrected chi connectivity index (χ1v) is 4.11. The number of rotatable bonds is 2. The molecule has 0 bridgehead atoms. The van der Waals surface area contributed by atoms with Crippen LogP contribution in [-0.4, -0.2) is 31.3 Å². The van der Waals surface area contributed by atoms with Gasteiger partial charge in [0.25, 0.3) is 4.87 Å². The molecule has 0 saturated heterocycles. The van der Waals surface area contributed by atoms with Crippen molar-refractivity contribution in [3.63, 3.8) is 0 Å². The molecule has 98 valence electrons. The standard InChI is InChI=1S/C7H8ClF6N.ClH/c1-15(2)4-3-5(8,6(9,10)11)7(12,13)14;/h3-4H,1-2H3;1H. The summed E-state index contributed by atoms with van der Waals surface area (Å²) in [4.78, 5) is -4.04. The van der Waals surface area contributed by atoms with E-state index in [-0.39, 0.29) is 23.4 Å². The molecule has 0 aromatic carbocycles. The minimum atomic E-state index is -5.58. The van der Waals surface area contributed by atoms with E-state index >= 15 is 0 Å². The van der Waals surface area contributed by atoms with Crippen LogP contribution < -0.4 is 17.3 Å². The molecule has 0 unspecified atom stereocenters. The van der Waals surface area contributed by atoms with Crippen LogP contribution in [0.2, 0.25) is 0 Å². The number of alkyl halides is 7. The Morgan fingerprint density at radius 2 is 1.25 bits per heavy atom. The Kier molecular flexibility index (Phi) is 6.22. The summed E-state index contributed by atoms with van der Waals surface area (Å²) in [6, 6.07) is 0. The topological polar surface area (TPSA) is 4.44 Å². The summed E-state index contributed by atoms with van der Waals surface area (Å²) in [6.45, 7) is 0. The fraction of sp³-hybridized carbons (Fsp3) is 0.714. The summed E-state index contributed by atoms with van der Waals surface area (Å²) in [5.41, 5.74) is 0. The second kappa shape index (κ2) is 5.46. The van der Waals surface area contributed by atoms with Gasteiger partial charge in [-0.25, -0.2) is 0 Å². The Morgan fingerprint density at radius 3 is 1.44 bits per heavy atom. The summed E-state index contributed by atoms with van der Waals surface area (Å²) in [5, 5.41) is 0. The molecule has 16 heavy (non-hydrogen) atoms. The van der Waals surface area contributed by atoms with Crippen LogP contribution in [0.3, 0.4) is 0 Å². The highest BCUT2D eigenvalue weighted by atomic mass is 35.5. The van der Waals surface area contributed by atoms with Crippen molar-refractivity contribution in [2.45, 2.75) is 17.2 Å². The first kappa shape index (κ1) is 18.2. The molecule has 0 aliphatic heterocycles. The third-order valence-corrected chi connectivity index (χ3v) is 2.03.